The second-order valence-corrected chi connectivity index (χ2v) is 9.63. The monoisotopic (exact) mass is 526 g/mol. The van der Waals surface area contributed by atoms with Crippen LogP contribution in [0.1, 0.15) is 22.8 Å². The van der Waals surface area contributed by atoms with Gasteiger partial charge in [-0.3, -0.25) is 5.41 Å². The maximum atomic E-state index is 12.9. The molecule has 1 aliphatic heterocycles. The van der Waals surface area contributed by atoms with Crippen molar-refractivity contribution in [3.05, 3.63) is 82.2 Å². The minimum absolute atomic E-state index is 0.115. The van der Waals surface area contributed by atoms with Gasteiger partial charge in [0.2, 0.25) is 12.2 Å². The molecule has 1 aliphatic rings. The van der Waals surface area contributed by atoms with E-state index in [2.05, 4.69) is 10.0 Å². The van der Waals surface area contributed by atoms with Crippen molar-refractivity contribution in [2.45, 2.75) is 48.0 Å². The molecule has 12 heteroatoms. The van der Waals surface area contributed by atoms with Crippen molar-refractivity contribution in [2.24, 2.45) is 5.11 Å². The van der Waals surface area contributed by atoms with Gasteiger partial charge in [-0.1, -0.05) is 88.4 Å². The molecule has 5 atom stereocenters. The Hall–Kier alpha value is -2.52. The van der Waals surface area contributed by atoms with Crippen molar-refractivity contribution >= 4 is 46.7 Å². The van der Waals surface area contributed by atoms with Crippen LogP contribution in [-0.2, 0) is 25.6 Å². The molecule has 1 saturated heterocycles. The predicted octanol–water partition coefficient (Wildman–Crippen LogP) is 5.59. The molecular formula is C22H21Cl3N4O5. The fourth-order valence-electron chi connectivity index (χ4n) is 3.33. The van der Waals surface area contributed by atoms with Crippen LogP contribution >= 0.6 is 34.8 Å². The first-order valence-corrected chi connectivity index (χ1v) is 11.3. The third kappa shape index (κ3) is 6.76. The van der Waals surface area contributed by atoms with E-state index in [-0.39, 0.29) is 12.2 Å². The van der Waals surface area contributed by atoms with Gasteiger partial charge in [0.15, 0.2) is 6.10 Å². The fraction of sp³-hybridized carbons (Fsp3) is 0.364. The lowest BCUT2D eigenvalue weighted by Crippen LogP contribution is -2.59. The summed E-state index contributed by atoms with van der Waals surface area (Å²) >= 11 is 17.3. The zero-order valence-corrected chi connectivity index (χ0v) is 20.2. The highest BCUT2D eigenvalue weighted by atomic mass is 35.6. The van der Waals surface area contributed by atoms with Gasteiger partial charge in [-0.05, 0) is 30.2 Å². The Morgan fingerprint density at radius 3 is 2.29 bits per heavy atom. The van der Waals surface area contributed by atoms with Crippen LogP contribution in [0.2, 0.25) is 0 Å². The Bertz CT molecular complexity index is 1030. The molecule has 1 N–H and O–H groups in total. The van der Waals surface area contributed by atoms with Gasteiger partial charge in [0, 0.05) is 4.91 Å². The minimum atomic E-state index is -2.18. The molecule has 9 nitrogen and oxygen atoms in total. The SMILES string of the molecule is C[C@H]1O[C@H](OC(=N)C(Cl)(Cl)Cl)[C@H](OC(=O)c2ccccc2)[C@@H](OCc2ccccc2)[C@@H]1N=[N+]=[N-]. The summed E-state index contributed by atoms with van der Waals surface area (Å²) in [6, 6.07) is 16.6. The summed E-state index contributed by atoms with van der Waals surface area (Å²) in [5, 5.41) is 11.8. The van der Waals surface area contributed by atoms with E-state index < -0.39 is 46.3 Å². The van der Waals surface area contributed by atoms with Gasteiger partial charge in [-0.15, -0.1) is 0 Å². The van der Waals surface area contributed by atoms with Crippen LogP contribution in [0, 0.1) is 5.41 Å². The number of ether oxygens (including phenoxy) is 4. The molecule has 1 fully saturated rings. The maximum absolute atomic E-state index is 12.9. The molecule has 3 rings (SSSR count). The highest BCUT2D eigenvalue weighted by Crippen LogP contribution is 2.34. The lowest BCUT2D eigenvalue weighted by Gasteiger charge is -2.43. The second-order valence-electron chi connectivity index (χ2n) is 7.35. The van der Waals surface area contributed by atoms with Crippen LogP contribution < -0.4 is 0 Å². The van der Waals surface area contributed by atoms with Gasteiger partial charge in [0.25, 0.3) is 3.79 Å². The Morgan fingerprint density at radius 1 is 1.09 bits per heavy atom. The van der Waals surface area contributed by atoms with Gasteiger partial charge in [0.1, 0.15) is 6.10 Å². The van der Waals surface area contributed by atoms with E-state index in [4.69, 9.17) is 64.7 Å². The third-order valence-corrected chi connectivity index (χ3v) is 5.49. The Kier molecular flexibility index (Phi) is 9.02. The molecule has 0 amide bonds. The topological polar surface area (TPSA) is 127 Å². The third-order valence-electron chi connectivity index (χ3n) is 4.97. The molecule has 0 aromatic heterocycles. The van der Waals surface area contributed by atoms with Crippen molar-refractivity contribution in [2.75, 3.05) is 0 Å². The number of halogens is 3. The molecule has 2 aromatic rings. The van der Waals surface area contributed by atoms with Crippen LogP contribution in [0.5, 0.6) is 0 Å². The van der Waals surface area contributed by atoms with Crippen LogP contribution in [0.3, 0.4) is 0 Å². The van der Waals surface area contributed by atoms with E-state index in [0.717, 1.165) is 5.56 Å². The van der Waals surface area contributed by atoms with E-state index in [0.29, 0.717) is 0 Å². The number of carbonyl (C=O) groups is 1. The van der Waals surface area contributed by atoms with E-state index >= 15 is 0 Å². The number of azide groups is 1. The smallest absolute Gasteiger partial charge is 0.338 e. The molecule has 1 heterocycles. The zero-order valence-electron chi connectivity index (χ0n) is 17.9. The highest BCUT2D eigenvalue weighted by molar-refractivity contribution is 6.76. The summed E-state index contributed by atoms with van der Waals surface area (Å²) in [6.07, 6.45) is -4.38. The fourth-order valence-corrected chi connectivity index (χ4v) is 3.47. The molecule has 0 spiro atoms. The van der Waals surface area contributed by atoms with E-state index in [1.165, 1.54) is 0 Å². The Morgan fingerprint density at radius 2 is 1.71 bits per heavy atom. The number of alkyl halides is 3. The average molecular weight is 528 g/mol. The van der Waals surface area contributed by atoms with Crippen LogP contribution in [0.4, 0.5) is 0 Å². The van der Waals surface area contributed by atoms with Crippen molar-refractivity contribution in [3.63, 3.8) is 0 Å². The van der Waals surface area contributed by atoms with Crippen LogP contribution in [-0.4, -0.2) is 46.3 Å². The van der Waals surface area contributed by atoms with Crippen molar-refractivity contribution in [1.29, 1.82) is 5.41 Å². The first-order valence-electron chi connectivity index (χ1n) is 10.1. The minimum Gasteiger partial charge on any atom is -0.449 e. The number of benzene rings is 2. The average Bonchev–Trinajstić information content (AvgIpc) is 2.82. The summed E-state index contributed by atoms with van der Waals surface area (Å²) < 4.78 is 20.9. The normalized spacial score (nSPS) is 24.5. The molecule has 0 unspecified atom stereocenters. The molecular weight excluding hydrogens is 507 g/mol. The van der Waals surface area contributed by atoms with Gasteiger partial charge in [0.05, 0.1) is 24.3 Å². The summed E-state index contributed by atoms with van der Waals surface area (Å²) in [6.45, 7) is 1.74. The Balaban J connectivity index is 1.94. The van der Waals surface area contributed by atoms with Crippen LogP contribution in [0.25, 0.3) is 10.4 Å². The Labute approximate surface area is 210 Å². The van der Waals surface area contributed by atoms with E-state index in [1.54, 1.807) is 37.3 Å². The highest BCUT2D eigenvalue weighted by Gasteiger charge is 2.50. The summed E-state index contributed by atoms with van der Waals surface area (Å²) in [7, 11) is 0. The number of hydrogen-bond acceptors (Lipinski definition) is 7. The summed E-state index contributed by atoms with van der Waals surface area (Å²) in [4.78, 5) is 15.8. The zero-order chi connectivity index (χ0) is 24.7. The number of hydrogen-bond donors (Lipinski definition) is 1. The summed E-state index contributed by atoms with van der Waals surface area (Å²) in [5.41, 5.74) is 10.2. The van der Waals surface area contributed by atoms with E-state index in [1.807, 2.05) is 30.3 Å². The van der Waals surface area contributed by atoms with Gasteiger partial charge < -0.3 is 18.9 Å². The standard InChI is InChI=1S/C22H21Cl3N4O5/c1-13-16(28-29-27)17(31-12-14-8-4-2-5-9-14)18(20(32-13)34-21(26)22(23,24)25)33-19(30)15-10-6-3-7-11-15/h2-11,13,16-18,20,26H,12H2,1H3/t13-,16-,17+,18-,20-/m1/s1. The largest absolute Gasteiger partial charge is 0.449 e. The van der Waals surface area contributed by atoms with Gasteiger partial charge >= 0.3 is 5.97 Å². The van der Waals surface area contributed by atoms with Crippen molar-refractivity contribution in [3.8, 4) is 0 Å². The number of nitrogens with zero attached hydrogens (tertiary/aromatic N) is 3. The molecule has 0 aliphatic carbocycles. The molecule has 180 valence electrons. The first-order chi connectivity index (χ1) is 16.2. The van der Waals surface area contributed by atoms with Crippen molar-refractivity contribution < 1.29 is 23.7 Å². The number of carbonyl (C=O) groups excluding carboxylic acids is 1. The lowest BCUT2D eigenvalue weighted by atomic mass is 9.97. The van der Waals surface area contributed by atoms with Crippen molar-refractivity contribution in [1.82, 2.24) is 0 Å². The quantitative estimate of drug-likeness (QED) is 0.0955. The first kappa shape index (κ1) is 26.1. The van der Waals surface area contributed by atoms with Gasteiger partial charge in [-0.25, -0.2) is 4.79 Å². The number of nitrogens with one attached hydrogen (secondary N) is 1. The van der Waals surface area contributed by atoms with Crippen LogP contribution in [0.15, 0.2) is 65.8 Å². The molecule has 34 heavy (non-hydrogen) atoms. The predicted molar refractivity (Wildman–Crippen MR) is 127 cm³/mol. The molecule has 2 aromatic carbocycles. The number of esters is 1. The molecule has 0 bridgehead atoms. The van der Waals surface area contributed by atoms with E-state index in [9.17, 15) is 4.79 Å². The molecule has 0 radical (unpaired) electrons. The maximum Gasteiger partial charge on any atom is 0.338 e. The lowest BCUT2D eigenvalue weighted by molar-refractivity contribution is -0.253. The number of rotatable bonds is 7. The van der Waals surface area contributed by atoms with Gasteiger partial charge in [-0.2, -0.15) is 0 Å². The second kappa shape index (κ2) is 11.8. The molecule has 0 saturated carbocycles. The summed E-state index contributed by atoms with van der Waals surface area (Å²) in [5.74, 6) is -1.44.